The van der Waals surface area contributed by atoms with E-state index in [2.05, 4.69) is 49.5 Å². The van der Waals surface area contributed by atoms with Crippen LogP contribution in [0.3, 0.4) is 0 Å². The van der Waals surface area contributed by atoms with Gasteiger partial charge in [0.25, 0.3) is 11.7 Å². The minimum atomic E-state index is -0.478. The van der Waals surface area contributed by atoms with E-state index in [4.69, 9.17) is 27.8 Å². The van der Waals surface area contributed by atoms with Crippen LogP contribution in [0.25, 0.3) is 22.2 Å². The summed E-state index contributed by atoms with van der Waals surface area (Å²) in [5, 5.41) is 2.80. The van der Waals surface area contributed by atoms with Gasteiger partial charge in [-0.3, -0.25) is 4.79 Å². The van der Waals surface area contributed by atoms with E-state index >= 15 is 0 Å². The lowest BCUT2D eigenvalue weighted by molar-refractivity contribution is -0.676. The third kappa shape index (κ3) is 4.73. The number of methoxy groups -OCH3 is 1. The number of imidazole rings is 1. The third-order valence-electron chi connectivity index (χ3n) is 5.59. The van der Waals surface area contributed by atoms with Crippen molar-refractivity contribution in [1.29, 1.82) is 0 Å². The van der Waals surface area contributed by atoms with Gasteiger partial charge >= 0.3 is 0 Å². The van der Waals surface area contributed by atoms with Gasteiger partial charge in [-0.25, -0.2) is 19.1 Å². The number of carbonyl (C=O) groups excluding carboxylic acids is 1. The number of nitrogen functional groups attached to an aromatic ring is 2. The Morgan fingerprint density at radius 3 is 2.44 bits per heavy atom. The summed E-state index contributed by atoms with van der Waals surface area (Å²) in [6.07, 6.45) is 0. The highest BCUT2D eigenvalue weighted by Gasteiger charge is 2.24. The number of nitrogens with two attached hydrogens (primary N) is 2. The lowest BCUT2D eigenvalue weighted by atomic mass is 10.0. The quantitative estimate of drug-likeness (QED) is 0.208. The van der Waals surface area contributed by atoms with Crippen LogP contribution >= 0.6 is 11.6 Å². The summed E-state index contributed by atoms with van der Waals surface area (Å²) in [5.74, 6) is 1.16. The Morgan fingerprint density at radius 2 is 1.79 bits per heavy atom. The second kappa shape index (κ2) is 10.4. The largest absolute Gasteiger partial charge is 1.00 e. The molecule has 0 saturated heterocycles. The Morgan fingerprint density at radius 1 is 1.12 bits per heavy atom. The number of fused-ring (bicyclic) bond motifs is 1. The fraction of sp³-hybridized carbons (Fsp3) is 0.217. The lowest BCUT2D eigenvalue weighted by Gasteiger charge is -2.07. The highest BCUT2D eigenvalue weighted by Crippen LogP contribution is 2.26. The molecule has 0 spiro atoms. The predicted molar refractivity (Wildman–Crippen MR) is 128 cm³/mol. The van der Waals surface area contributed by atoms with Gasteiger partial charge < -0.3 is 45.5 Å². The number of benzene rings is 2. The molecule has 178 valence electrons. The maximum Gasteiger partial charge on any atom is 0.276 e. The van der Waals surface area contributed by atoms with Crippen molar-refractivity contribution in [2.75, 3.05) is 18.6 Å². The summed E-state index contributed by atoms with van der Waals surface area (Å²) in [6, 6.07) is 14.3. The molecule has 0 aliphatic heterocycles. The van der Waals surface area contributed by atoms with E-state index < -0.39 is 5.91 Å². The van der Waals surface area contributed by atoms with E-state index in [1.54, 1.807) is 7.11 Å². The summed E-state index contributed by atoms with van der Waals surface area (Å²) in [7, 11) is 3.62. The number of rotatable bonds is 6. The molecule has 4 rings (SSSR count). The number of nitrogens with zero attached hydrogens (tertiary/aromatic N) is 4. The zero-order valence-electron chi connectivity index (χ0n) is 19.0. The number of anilines is 2. The first kappa shape index (κ1) is 25.5. The number of nitrogens with one attached hydrogen (secondary N) is 1. The second-order valence-electron chi connectivity index (χ2n) is 7.47. The average molecular weight is 594 g/mol. The minimum Gasteiger partial charge on any atom is -1.00 e. The van der Waals surface area contributed by atoms with Crippen molar-refractivity contribution >= 4 is 40.2 Å². The SMILES string of the molecule is CC[n+]1c(CNC(=O)c2nc(Cl)c(N)nc2N)n(C)c2cc(-c3ccc(OC)cc3)ccc21.[I-]. The van der Waals surface area contributed by atoms with Crippen molar-refractivity contribution in [2.45, 2.75) is 20.0 Å². The van der Waals surface area contributed by atoms with Crippen molar-refractivity contribution < 1.29 is 38.1 Å². The molecule has 0 aliphatic carbocycles. The van der Waals surface area contributed by atoms with E-state index in [0.717, 1.165) is 40.3 Å². The molecule has 0 unspecified atom stereocenters. The molecule has 9 nitrogen and oxygen atoms in total. The zero-order valence-corrected chi connectivity index (χ0v) is 21.9. The monoisotopic (exact) mass is 593 g/mol. The minimum absolute atomic E-state index is 0. The van der Waals surface area contributed by atoms with Crippen LogP contribution in [0.4, 0.5) is 11.6 Å². The molecule has 2 aromatic heterocycles. The molecule has 2 heterocycles. The van der Waals surface area contributed by atoms with Crippen molar-refractivity contribution in [3.63, 3.8) is 0 Å². The van der Waals surface area contributed by atoms with E-state index in [1.807, 2.05) is 31.3 Å². The van der Waals surface area contributed by atoms with Gasteiger partial charge in [-0.15, -0.1) is 0 Å². The summed E-state index contributed by atoms with van der Waals surface area (Å²) < 4.78 is 9.47. The van der Waals surface area contributed by atoms with Gasteiger partial charge in [0, 0.05) is 0 Å². The van der Waals surface area contributed by atoms with Crippen LogP contribution in [-0.2, 0) is 20.1 Å². The first-order chi connectivity index (χ1) is 15.8. The first-order valence-corrected chi connectivity index (χ1v) is 10.7. The predicted octanol–water partition coefficient (Wildman–Crippen LogP) is -0.297. The Labute approximate surface area is 219 Å². The van der Waals surface area contributed by atoms with Crippen LogP contribution in [0.1, 0.15) is 23.2 Å². The normalized spacial score (nSPS) is 10.7. The van der Waals surface area contributed by atoms with Crippen LogP contribution in [0.15, 0.2) is 42.5 Å². The van der Waals surface area contributed by atoms with E-state index in [1.165, 1.54) is 0 Å². The molecule has 1 amide bonds. The van der Waals surface area contributed by atoms with Crippen LogP contribution in [0, 0.1) is 0 Å². The molecule has 2 aromatic carbocycles. The Bertz CT molecular complexity index is 1360. The molecule has 0 saturated carbocycles. The number of amides is 1. The molecule has 0 fully saturated rings. The smallest absolute Gasteiger partial charge is 0.276 e. The number of aromatic nitrogens is 4. The molecule has 0 aliphatic rings. The van der Waals surface area contributed by atoms with E-state index in [9.17, 15) is 4.79 Å². The van der Waals surface area contributed by atoms with Gasteiger partial charge in [0.1, 0.15) is 12.3 Å². The molecule has 34 heavy (non-hydrogen) atoms. The van der Waals surface area contributed by atoms with E-state index in [-0.39, 0.29) is 53.0 Å². The molecule has 0 radical (unpaired) electrons. The maximum atomic E-state index is 12.7. The summed E-state index contributed by atoms with van der Waals surface area (Å²) >= 11 is 5.91. The number of aryl methyl sites for hydroxylation is 2. The topological polar surface area (TPSA) is 125 Å². The van der Waals surface area contributed by atoms with Crippen molar-refractivity contribution in [2.24, 2.45) is 7.05 Å². The highest BCUT2D eigenvalue weighted by atomic mass is 127. The standard InChI is InChI=1S/C23H24ClN7O2.HI/c1-4-31-16-10-7-14(13-5-8-15(33-3)9-6-13)11-17(16)30(2)18(31)12-27-23(32)19-21(25)29-22(26)20(24)28-19;/h5-11H,4,12H2,1-3H3,(H4-,25,26,27,29,32);1H. The number of carbonyl (C=O) groups is 1. The number of ether oxygens (including phenoxy) is 1. The van der Waals surface area contributed by atoms with E-state index in [0.29, 0.717) is 0 Å². The molecular weight excluding hydrogens is 569 g/mol. The van der Waals surface area contributed by atoms with Gasteiger partial charge in [-0.2, -0.15) is 0 Å². The zero-order chi connectivity index (χ0) is 23.7. The summed E-state index contributed by atoms with van der Waals surface area (Å²) in [4.78, 5) is 20.5. The summed E-state index contributed by atoms with van der Waals surface area (Å²) in [5.41, 5.74) is 15.6. The molecule has 4 aromatic rings. The molecule has 11 heteroatoms. The Balaban J connectivity index is 0.00000324. The van der Waals surface area contributed by atoms with Gasteiger partial charge in [0.15, 0.2) is 33.5 Å². The maximum absolute atomic E-state index is 12.7. The van der Waals surface area contributed by atoms with Crippen molar-refractivity contribution in [3.8, 4) is 16.9 Å². The summed E-state index contributed by atoms with van der Waals surface area (Å²) in [6.45, 7) is 3.06. The Hall–Kier alpha value is -3.12. The molecule has 5 N–H and O–H groups in total. The van der Waals surface area contributed by atoms with Crippen molar-refractivity contribution in [1.82, 2.24) is 19.9 Å². The lowest BCUT2D eigenvalue weighted by Crippen LogP contribution is -3.00. The number of halogens is 2. The van der Waals surface area contributed by atoms with Crippen molar-refractivity contribution in [3.05, 3.63) is 59.1 Å². The van der Waals surface area contributed by atoms with Crippen LogP contribution in [0.2, 0.25) is 5.15 Å². The van der Waals surface area contributed by atoms with Gasteiger partial charge in [0.05, 0.1) is 20.7 Å². The fourth-order valence-electron chi connectivity index (χ4n) is 3.86. The fourth-order valence-corrected chi connectivity index (χ4v) is 3.99. The number of hydrogen-bond acceptors (Lipinski definition) is 6. The number of hydrogen-bond donors (Lipinski definition) is 3. The second-order valence-corrected chi connectivity index (χ2v) is 7.83. The highest BCUT2D eigenvalue weighted by molar-refractivity contribution is 6.31. The van der Waals surface area contributed by atoms with Gasteiger partial charge in [0.2, 0.25) is 0 Å². The third-order valence-corrected chi connectivity index (χ3v) is 5.87. The molecule has 0 atom stereocenters. The van der Waals surface area contributed by atoms with Crippen LogP contribution in [0.5, 0.6) is 5.75 Å². The van der Waals surface area contributed by atoms with Gasteiger partial charge in [-0.1, -0.05) is 23.7 Å². The average Bonchev–Trinajstić information content (AvgIpc) is 3.10. The van der Waals surface area contributed by atoms with Crippen LogP contribution in [-0.4, -0.2) is 27.6 Å². The molecule has 0 bridgehead atoms. The Kier molecular flexibility index (Phi) is 7.82. The first-order valence-electron chi connectivity index (χ1n) is 10.4. The van der Waals surface area contributed by atoms with Gasteiger partial charge in [-0.05, 0) is 48.4 Å². The van der Waals surface area contributed by atoms with Crippen LogP contribution < -0.4 is 50.1 Å². The molecular formula is C23H25ClIN7O2.